The van der Waals surface area contributed by atoms with Gasteiger partial charge in [0.25, 0.3) is 0 Å². The van der Waals surface area contributed by atoms with Gasteiger partial charge in [-0.05, 0) is 43.6 Å². The number of fused-ring (bicyclic) bond motifs is 6. The van der Waals surface area contributed by atoms with Gasteiger partial charge in [-0.25, -0.2) is 0 Å². The lowest BCUT2D eigenvalue weighted by atomic mass is 9.78. The minimum atomic E-state index is -0.302. The first kappa shape index (κ1) is 13.6. The summed E-state index contributed by atoms with van der Waals surface area (Å²) in [5.41, 5.74) is 3.18. The smallest absolute Gasteiger partial charge is 0.308 e. The summed E-state index contributed by atoms with van der Waals surface area (Å²) in [4.78, 5) is 11.6. The van der Waals surface area contributed by atoms with E-state index in [1.54, 1.807) is 0 Å². The Morgan fingerprint density at radius 1 is 1.36 bits per heavy atom. The molecule has 0 aromatic heterocycles. The third kappa shape index (κ3) is 1.65. The van der Waals surface area contributed by atoms with Crippen LogP contribution in [0.2, 0.25) is 0 Å². The highest BCUT2D eigenvalue weighted by molar-refractivity contribution is 5.98. The summed E-state index contributed by atoms with van der Waals surface area (Å²) in [7, 11) is 0. The molecule has 22 heavy (non-hydrogen) atoms. The van der Waals surface area contributed by atoms with Crippen LogP contribution in [0, 0.1) is 6.92 Å². The zero-order valence-electron chi connectivity index (χ0n) is 13.2. The van der Waals surface area contributed by atoms with Crippen LogP contribution in [0.3, 0.4) is 0 Å². The number of carbonyl (C=O) groups is 1. The number of phenolic OH excluding ortho intramolecular Hbond substituents is 1. The number of aryl methyl sites for hydroxylation is 1. The van der Waals surface area contributed by atoms with Crippen LogP contribution in [-0.4, -0.2) is 11.1 Å². The molecule has 2 aromatic carbocycles. The second-order valence-electron chi connectivity index (χ2n) is 7.11. The highest BCUT2D eigenvalue weighted by Gasteiger charge is 2.50. The minimum absolute atomic E-state index is 0.0120. The number of esters is 1. The topological polar surface area (TPSA) is 46.5 Å². The van der Waals surface area contributed by atoms with Crippen molar-refractivity contribution in [3.63, 3.8) is 0 Å². The summed E-state index contributed by atoms with van der Waals surface area (Å²) < 4.78 is 5.63. The number of aromatic hydroxyl groups is 1. The molecular weight excluding hydrogens is 276 g/mol. The fourth-order valence-electron chi connectivity index (χ4n) is 4.54. The lowest BCUT2D eigenvalue weighted by Crippen LogP contribution is -2.17. The lowest BCUT2D eigenvalue weighted by molar-refractivity contribution is -0.131. The fourth-order valence-corrected chi connectivity index (χ4v) is 4.54. The summed E-state index contributed by atoms with van der Waals surface area (Å²) >= 11 is 0. The average Bonchev–Trinajstić information content (AvgIpc) is 2.96. The van der Waals surface area contributed by atoms with Crippen LogP contribution in [0.1, 0.15) is 55.7 Å². The van der Waals surface area contributed by atoms with E-state index in [0.717, 1.165) is 46.7 Å². The zero-order valence-corrected chi connectivity index (χ0v) is 13.2. The molecule has 4 rings (SSSR count). The van der Waals surface area contributed by atoms with Crippen molar-refractivity contribution in [3.05, 3.63) is 34.9 Å². The first-order valence-corrected chi connectivity index (χ1v) is 7.89. The molecule has 2 aromatic rings. The van der Waals surface area contributed by atoms with E-state index in [1.807, 2.05) is 25.1 Å². The van der Waals surface area contributed by atoms with E-state index in [-0.39, 0.29) is 11.4 Å². The summed E-state index contributed by atoms with van der Waals surface area (Å²) in [6, 6.07) is 5.92. The molecule has 3 nitrogen and oxygen atoms in total. The largest absolute Gasteiger partial charge is 0.507 e. The van der Waals surface area contributed by atoms with E-state index in [1.165, 1.54) is 6.92 Å². The Labute approximate surface area is 129 Å². The molecular formula is C19H20O3. The van der Waals surface area contributed by atoms with Crippen LogP contribution >= 0.6 is 0 Å². The molecule has 1 N–H and O–H groups in total. The van der Waals surface area contributed by atoms with Crippen LogP contribution < -0.4 is 4.74 Å². The van der Waals surface area contributed by atoms with E-state index >= 15 is 0 Å². The number of hydrogen-bond donors (Lipinski definition) is 1. The van der Waals surface area contributed by atoms with Crippen molar-refractivity contribution >= 4 is 16.7 Å². The number of benzene rings is 2. The van der Waals surface area contributed by atoms with Crippen molar-refractivity contribution < 1.29 is 14.6 Å². The van der Waals surface area contributed by atoms with Gasteiger partial charge in [0, 0.05) is 28.8 Å². The van der Waals surface area contributed by atoms with Crippen LogP contribution in [0.25, 0.3) is 10.8 Å². The van der Waals surface area contributed by atoms with Crippen molar-refractivity contribution in [2.45, 2.75) is 51.4 Å². The van der Waals surface area contributed by atoms with Gasteiger partial charge < -0.3 is 9.84 Å². The maximum Gasteiger partial charge on any atom is 0.308 e. The number of phenols is 1. The predicted molar refractivity (Wildman–Crippen MR) is 85.6 cm³/mol. The summed E-state index contributed by atoms with van der Waals surface area (Å²) in [5, 5.41) is 12.5. The monoisotopic (exact) mass is 296 g/mol. The van der Waals surface area contributed by atoms with Gasteiger partial charge in [-0.1, -0.05) is 24.6 Å². The standard InChI is InChI=1S/C19H20O3/c1-10-4-5-13-14(8-10)18(22-11(2)20)15-12-6-7-19(3,9-12)16(15)17(13)21/h4-5,8,12,21H,6-7,9H2,1-3H3. The Morgan fingerprint density at radius 3 is 2.86 bits per heavy atom. The molecule has 3 heteroatoms. The first-order chi connectivity index (χ1) is 10.4. The number of carbonyl (C=O) groups excluding carboxylic acids is 1. The Morgan fingerprint density at radius 2 is 2.14 bits per heavy atom. The molecule has 114 valence electrons. The first-order valence-electron chi connectivity index (χ1n) is 7.89. The third-order valence-electron chi connectivity index (χ3n) is 5.42. The Bertz CT molecular complexity index is 821. The van der Waals surface area contributed by atoms with E-state index in [2.05, 4.69) is 6.92 Å². The number of hydrogen-bond acceptors (Lipinski definition) is 3. The van der Waals surface area contributed by atoms with Gasteiger partial charge in [-0.15, -0.1) is 0 Å². The number of rotatable bonds is 1. The molecule has 0 saturated heterocycles. The minimum Gasteiger partial charge on any atom is -0.507 e. The molecule has 0 radical (unpaired) electrons. The van der Waals surface area contributed by atoms with Crippen molar-refractivity contribution in [2.24, 2.45) is 0 Å². The van der Waals surface area contributed by atoms with Crippen LogP contribution in [0.5, 0.6) is 11.5 Å². The molecule has 2 aliphatic carbocycles. The van der Waals surface area contributed by atoms with E-state index in [9.17, 15) is 9.90 Å². The normalized spacial score (nSPS) is 25.5. The molecule has 2 bridgehead atoms. The molecule has 2 aliphatic rings. The molecule has 1 fully saturated rings. The second-order valence-corrected chi connectivity index (χ2v) is 7.11. The van der Waals surface area contributed by atoms with Gasteiger partial charge in [-0.2, -0.15) is 0 Å². The van der Waals surface area contributed by atoms with Gasteiger partial charge >= 0.3 is 5.97 Å². The molecule has 2 unspecified atom stereocenters. The molecule has 1 saturated carbocycles. The van der Waals surface area contributed by atoms with Gasteiger partial charge in [0.1, 0.15) is 11.5 Å². The van der Waals surface area contributed by atoms with Crippen molar-refractivity contribution in [3.8, 4) is 11.5 Å². The van der Waals surface area contributed by atoms with Gasteiger partial charge in [0.2, 0.25) is 0 Å². The van der Waals surface area contributed by atoms with Crippen LogP contribution in [0.4, 0.5) is 0 Å². The Kier molecular flexibility index (Phi) is 2.63. The quantitative estimate of drug-likeness (QED) is 0.630. The van der Waals surface area contributed by atoms with E-state index in [0.29, 0.717) is 17.4 Å². The van der Waals surface area contributed by atoms with Crippen LogP contribution in [-0.2, 0) is 10.2 Å². The fraction of sp³-hybridized carbons (Fsp3) is 0.421. The zero-order chi connectivity index (χ0) is 15.6. The molecule has 0 amide bonds. The van der Waals surface area contributed by atoms with Crippen LogP contribution in [0.15, 0.2) is 18.2 Å². The molecule has 2 atom stereocenters. The van der Waals surface area contributed by atoms with Gasteiger partial charge in [-0.3, -0.25) is 4.79 Å². The van der Waals surface area contributed by atoms with Crippen molar-refractivity contribution in [2.75, 3.05) is 0 Å². The highest BCUT2D eigenvalue weighted by atomic mass is 16.5. The highest BCUT2D eigenvalue weighted by Crippen LogP contribution is 2.63. The Balaban J connectivity index is 2.14. The van der Waals surface area contributed by atoms with E-state index < -0.39 is 0 Å². The maximum absolute atomic E-state index is 11.6. The summed E-state index contributed by atoms with van der Waals surface area (Å²) in [6.45, 7) is 5.67. The number of ether oxygens (including phenoxy) is 1. The summed E-state index contributed by atoms with van der Waals surface area (Å²) in [6.07, 6.45) is 3.24. The predicted octanol–water partition coefficient (Wildman–Crippen LogP) is 4.32. The SMILES string of the molecule is CC(=O)Oc1c2c(c(O)c3ccc(C)cc13)C1(C)CCC2C1. The molecule has 0 aliphatic heterocycles. The maximum atomic E-state index is 11.6. The summed E-state index contributed by atoms with van der Waals surface area (Å²) in [5.74, 6) is 1.15. The molecule has 0 heterocycles. The lowest BCUT2D eigenvalue weighted by Gasteiger charge is -2.27. The average molecular weight is 296 g/mol. The third-order valence-corrected chi connectivity index (χ3v) is 5.42. The van der Waals surface area contributed by atoms with Gasteiger partial charge in [0.05, 0.1) is 0 Å². The van der Waals surface area contributed by atoms with Crippen molar-refractivity contribution in [1.29, 1.82) is 0 Å². The molecule has 0 spiro atoms. The van der Waals surface area contributed by atoms with E-state index in [4.69, 9.17) is 4.74 Å². The van der Waals surface area contributed by atoms with Crippen molar-refractivity contribution in [1.82, 2.24) is 0 Å². The second kappa shape index (κ2) is 4.25. The Hall–Kier alpha value is -2.03. The van der Waals surface area contributed by atoms with Gasteiger partial charge in [0.15, 0.2) is 0 Å².